The third-order valence-electron chi connectivity index (χ3n) is 2.82. The smallest absolute Gasteiger partial charge is 0.228 e. The van der Waals surface area contributed by atoms with Crippen molar-refractivity contribution in [3.63, 3.8) is 0 Å². The molecule has 1 saturated heterocycles. The summed E-state index contributed by atoms with van der Waals surface area (Å²) in [6.07, 6.45) is 0. The number of nitrogens with one attached hydrogen (secondary N) is 1. The minimum Gasteiger partial charge on any atom is -0.341 e. The van der Waals surface area contributed by atoms with Crippen LogP contribution in [0.2, 0.25) is 5.02 Å². The second-order valence-corrected chi connectivity index (χ2v) is 4.62. The first-order valence-corrected chi connectivity index (χ1v) is 5.75. The Kier molecular flexibility index (Phi) is 5.25. The van der Waals surface area contributed by atoms with Crippen molar-refractivity contribution in [2.45, 2.75) is 6.54 Å². The maximum absolute atomic E-state index is 11.9. The second-order valence-electron chi connectivity index (χ2n) is 4.18. The maximum Gasteiger partial charge on any atom is 0.228 e. The highest BCUT2D eigenvalue weighted by Crippen LogP contribution is 2.14. The fourth-order valence-electron chi connectivity index (χ4n) is 1.76. The molecule has 0 radical (unpaired) electrons. The van der Waals surface area contributed by atoms with Gasteiger partial charge in [0.1, 0.15) is 0 Å². The van der Waals surface area contributed by atoms with Gasteiger partial charge in [-0.05, 0) is 17.7 Å². The molecule has 94 valence electrons. The van der Waals surface area contributed by atoms with Crippen LogP contribution in [0, 0.1) is 5.92 Å². The summed E-state index contributed by atoms with van der Waals surface area (Å²) in [6, 6.07) is 7.61. The molecular formula is C12H16Cl2N2O. The molecule has 17 heavy (non-hydrogen) atoms. The van der Waals surface area contributed by atoms with E-state index in [1.807, 2.05) is 31.3 Å². The lowest BCUT2D eigenvalue weighted by Gasteiger charge is -2.30. The van der Waals surface area contributed by atoms with E-state index in [0.29, 0.717) is 11.6 Å². The van der Waals surface area contributed by atoms with Gasteiger partial charge in [-0.2, -0.15) is 0 Å². The molecule has 0 unspecified atom stereocenters. The molecule has 3 nitrogen and oxygen atoms in total. The number of halogens is 2. The number of carbonyl (C=O) groups is 1. The Bertz CT molecular complexity index is 394. The van der Waals surface area contributed by atoms with Crippen molar-refractivity contribution in [2.75, 3.05) is 20.1 Å². The molecule has 5 heteroatoms. The first kappa shape index (κ1) is 14.3. The van der Waals surface area contributed by atoms with Crippen molar-refractivity contribution < 1.29 is 4.79 Å². The van der Waals surface area contributed by atoms with Gasteiger partial charge in [0.05, 0.1) is 5.92 Å². The molecule has 2 rings (SSSR count). The van der Waals surface area contributed by atoms with E-state index in [2.05, 4.69) is 5.32 Å². The average Bonchev–Trinajstić information content (AvgIpc) is 2.14. The number of rotatable bonds is 3. The zero-order chi connectivity index (χ0) is 11.5. The molecule has 0 bridgehead atoms. The third kappa shape index (κ3) is 3.60. The Balaban J connectivity index is 0.00000144. The lowest BCUT2D eigenvalue weighted by Crippen LogP contribution is -2.50. The summed E-state index contributed by atoms with van der Waals surface area (Å²) in [5.74, 6) is 0.364. The predicted molar refractivity (Wildman–Crippen MR) is 71.5 cm³/mol. The van der Waals surface area contributed by atoms with Gasteiger partial charge in [0.15, 0.2) is 0 Å². The van der Waals surface area contributed by atoms with E-state index < -0.39 is 0 Å². The fraction of sp³-hybridized carbons (Fsp3) is 0.417. The molecule has 1 heterocycles. The highest BCUT2D eigenvalue weighted by molar-refractivity contribution is 6.30. The monoisotopic (exact) mass is 274 g/mol. The molecule has 0 spiro atoms. The molecule has 1 fully saturated rings. The van der Waals surface area contributed by atoms with Crippen molar-refractivity contribution in [2.24, 2.45) is 5.92 Å². The number of hydrogen-bond acceptors (Lipinski definition) is 2. The molecule has 1 N–H and O–H groups in total. The van der Waals surface area contributed by atoms with Gasteiger partial charge < -0.3 is 10.2 Å². The summed E-state index contributed by atoms with van der Waals surface area (Å²) in [7, 11) is 1.83. The van der Waals surface area contributed by atoms with E-state index in [1.54, 1.807) is 4.90 Å². The lowest BCUT2D eigenvalue weighted by molar-refractivity contribution is -0.136. The molecule has 1 amide bonds. The number of nitrogens with zero attached hydrogens (tertiary/aromatic N) is 1. The predicted octanol–water partition coefficient (Wildman–Crippen LogP) is 1.94. The summed E-state index contributed by atoms with van der Waals surface area (Å²) >= 11 is 5.90. The van der Waals surface area contributed by atoms with Crippen LogP contribution in [0.3, 0.4) is 0 Å². The van der Waals surface area contributed by atoms with Crippen LogP contribution in [0.4, 0.5) is 0 Å². The zero-order valence-electron chi connectivity index (χ0n) is 9.65. The molecule has 0 aliphatic carbocycles. The van der Waals surface area contributed by atoms with Gasteiger partial charge in [0.2, 0.25) is 5.91 Å². The highest BCUT2D eigenvalue weighted by atomic mass is 35.5. The van der Waals surface area contributed by atoms with Crippen LogP contribution < -0.4 is 5.32 Å². The van der Waals surface area contributed by atoms with Crippen LogP contribution in [0.5, 0.6) is 0 Å². The van der Waals surface area contributed by atoms with Crippen LogP contribution in [0.25, 0.3) is 0 Å². The number of hydrogen-bond donors (Lipinski definition) is 1. The molecule has 0 atom stereocenters. The summed E-state index contributed by atoms with van der Waals surface area (Å²) in [5.41, 5.74) is 1.07. The van der Waals surface area contributed by atoms with Gasteiger partial charge in [-0.1, -0.05) is 23.7 Å². The largest absolute Gasteiger partial charge is 0.341 e. The van der Waals surface area contributed by atoms with Crippen molar-refractivity contribution in [1.29, 1.82) is 0 Å². The minimum absolute atomic E-state index is 0. The van der Waals surface area contributed by atoms with Crippen LogP contribution >= 0.6 is 24.0 Å². The first-order chi connectivity index (χ1) is 7.66. The standard InChI is InChI=1S/C12H15ClN2O.ClH/c1-15(12(16)10-6-14-7-10)8-9-3-2-4-11(13)5-9;/h2-5,10,14H,6-8H2,1H3;1H. The van der Waals surface area contributed by atoms with Crippen molar-refractivity contribution in [3.05, 3.63) is 34.9 Å². The highest BCUT2D eigenvalue weighted by Gasteiger charge is 2.27. The fourth-order valence-corrected chi connectivity index (χ4v) is 1.97. The first-order valence-electron chi connectivity index (χ1n) is 5.37. The minimum atomic E-state index is 0. The Hall–Kier alpha value is -0.770. The third-order valence-corrected chi connectivity index (χ3v) is 3.05. The molecule has 0 saturated carbocycles. The quantitative estimate of drug-likeness (QED) is 0.914. The normalized spacial score (nSPS) is 14.7. The van der Waals surface area contributed by atoms with Gasteiger partial charge in [0.25, 0.3) is 0 Å². The van der Waals surface area contributed by atoms with E-state index in [4.69, 9.17) is 11.6 Å². The summed E-state index contributed by atoms with van der Waals surface area (Å²) in [5, 5.41) is 3.81. The number of carbonyl (C=O) groups excluding carboxylic acids is 1. The summed E-state index contributed by atoms with van der Waals surface area (Å²) in [4.78, 5) is 13.6. The number of amides is 1. The van der Waals surface area contributed by atoms with E-state index in [9.17, 15) is 4.79 Å². The Morgan fingerprint density at radius 2 is 2.24 bits per heavy atom. The Labute approximate surface area is 113 Å². The molecule has 1 aromatic rings. The van der Waals surface area contributed by atoms with Crippen LogP contribution in [0.1, 0.15) is 5.56 Å². The van der Waals surface area contributed by atoms with Crippen molar-refractivity contribution in [3.8, 4) is 0 Å². The van der Waals surface area contributed by atoms with Crippen LogP contribution in [0.15, 0.2) is 24.3 Å². The van der Waals surface area contributed by atoms with Gasteiger partial charge >= 0.3 is 0 Å². The van der Waals surface area contributed by atoms with Gasteiger partial charge in [0, 0.05) is 31.7 Å². The maximum atomic E-state index is 11.9. The van der Waals surface area contributed by atoms with Gasteiger partial charge in [-0.3, -0.25) is 4.79 Å². The number of benzene rings is 1. The Morgan fingerprint density at radius 3 is 2.76 bits per heavy atom. The van der Waals surface area contributed by atoms with Crippen LogP contribution in [-0.2, 0) is 11.3 Å². The summed E-state index contributed by atoms with van der Waals surface area (Å²) < 4.78 is 0. The van der Waals surface area contributed by atoms with Crippen LogP contribution in [-0.4, -0.2) is 30.9 Å². The van der Waals surface area contributed by atoms with Gasteiger partial charge in [-0.25, -0.2) is 0 Å². The van der Waals surface area contributed by atoms with E-state index in [1.165, 1.54) is 0 Å². The average molecular weight is 275 g/mol. The topological polar surface area (TPSA) is 32.3 Å². The molecule has 0 aromatic heterocycles. The molecule has 1 aliphatic rings. The van der Waals surface area contributed by atoms with Gasteiger partial charge in [-0.15, -0.1) is 12.4 Å². The summed E-state index contributed by atoms with van der Waals surface area (Å²) in [6.45, 7) is 2.23. The SMILES string of the molecule is CN(Cc1cccc(Cl)c1)C(=O)C1CNC1.Cl. The zero-order valence-corrected chi connectivity index (χ0v) is 11.2. The Morgan fingerprint density at radius 1 is 1.53 bits per heavy atom. The molecular weight excluding hydrogens is 259 g/mol. The lowest BCUT2D eigenvalue weighted by atomic mass is 10.0. The van der Waals surface area contributed by atoms with E-state index in [-0.39, 0.29) is 24.2 Å². The van der Waals surface area contributed by atoms with E-state index >= 15 is 0 Å². The molecule has 1 aliphatic heterocycles. The molecule has 1 aromatic carbocycles. The van der Waals surface area contributed by atoms with Crippen molar-refractivity contribution in [1.82, 2.24) is 10.2 Å². The van der Waals surface area contributed by atoms with E-state index in [0.717, 1.165) is 18.7 Å². The van der Waals surface area contributed by atoms with Crippen molar-refractivity contribution >= 4 is 29.9 Å². The second kappa shape index (κ2) is 6.24.